The SMILES string of the molecule is CN1CCOC(CNCc2ccc([N+](=O)[O-])c(F)c2)C1. The van der Waals surface area contributed by atoms with Gasteiger partial charge in [-0.2, -0.15) is 4.39 Å². The normalized spacial score (nSPS) is 20.0. The molecule has 0 radical (unpaired) electrons. The molecule has 1 unspecified atom stereocenters. The Morgan fingerprint density at radius 1 is 1.60 bits per heavy atom. The molecule has 0 aromatic heterocycles. The minimum atomic E-state index is -0.803. The first-order chi connectivity index (χ1) is 9.56. The predicted molar refractivity (Wildman–Crippen MR) is 72.0 cm³/mol. The molecule has 20 heavy (non-hydrogen) atoms. The predicted octanol–water partition coefficient (Wildman–Crippen LogP) is 1.15. The number of likely N-dealkylation sites (N-methyl/N-ethyl adjacent to an activating group) is 1. The monoisotopic (exact) mass is 283 g/mol. The topological polar surface area (TPSA) is 67.6 Å². The summed E-state index contributed by atoms with van der Waals surface area (Å²) < 4.78 is 19.0. The molecule has 0 saturated carbocycles. The number of hydrogen-bond donors (Lipinski definition) is 1. The highest BCUT2D eigenvalue weighted by Gasteiger charge is 2.17. The number of ether oxygens (including phenoxy) is 1. The van der Waals surface area contributed by atoms with Gasteiger partial charge in [0.05, 0.1) is 17.6 Å². The van der Waals surface area contributed by atoms with Crippen LogP contribution in [0.5, 0.6) is 0 Å². The molecule has 1 aromatic carbocycles. The smallest absolute Gasteiger partial charge is 0.304 e. The molecule has 1 N–H and O–H groups in total. The van der Waals surface area contributed by atoms with Crippen LogP contribution in [0.1, 0.15) is 5.56 Å². The number of benzene rings is 1. The summed E-state index contributed by atoms with van der Waals surface area (Å²) in [4.78, 5) is 12.0. The van der Waals surface area contributed by atoms with Crippen molar-refractivity contribution in [3.63, 3.8) is 0 Å². The molecule has 1 fully saturated rings. The van der Waals surface area contributed by atoms with Gasteiger partial charge in [0.2, 0.25) is 5.82 Å². The number of morpholine rings is 1. The van der Waals surface area contributed by atoms with E-state index in [2.05, 4.69) is 10.2 Å². The third-order valence-corrected chi connectivity index (χ3v) is 3.25. The maximum absolute atomic E-state index is 13.4. The van der Waals surface area contributed by atoms with Crippen molar-refractivity contribution >= 4 is 5.69 Å². The lowest BCUT2D eigenvalue weighted by Gasteiger charge is -2.30. The molecule has 1 heterocycles. The van der Waals surface area contributed by atoms with Gasteiger partial charge in [-0.1, -0.05) is 6.07 Å². The molecular formula is C13H18FN3O3. The first-order valence-corrected chi connectivity index (χ1v) is 6.50. The molecule has 1 saturated heterocycles. The quantitative estimate of drug-likeness (QED) is 0.648. The molecule has 110 valence electrons. The Balaban J connectivity index is 1.82. The highest BCUT2D eigenvalue weighted by atomic mass is 19.1. The molecule has 0 amide bonds. The van der Waals surface area contributed by atoms with Crippen LogP contribution in [0.15, 0.2) is 18.2 Å². The van der Waals surface area contributed by atoms with E-state index in [1.807, 2.05) is 7.05 Å². The van der Waals surface area contributed by atoms with Gasteiger partial charge >= 0.3 is 5.69 Å². The molecule has 2 rings (SSSR count). The van der Waals surface area contributed by atoms with Gasteiger partial charge in [0.1, 0.15) is 0 Å². The van der Waals surface area contributed by atoms with E-state index in [1.54, 1.807) is 6.07 Å². The number of nitrogens with one attached hydrogen (secondary N) is 1. The van der Waals surface area contributed by atoms with Gasteiger partial charge in [0.15, 0.2) is 0 Å². The Hall–Kier alpha value is -1.57. The van der Waals surface area contributed by atoms with Gasteiger partial charge in [-0.25, -0.2) is 0 Å². The summed E-state index contributed by atoms with van der Waals surface area (Å²) in [5, 5.41) is 13.7. The number of halogens is 1. The summed E-state index contributed by atoms with van der Waals surface area (Å²) in [6.45, 7) is 3.64. The standard InChI is InChI=1S/C13H18FN3O3/c1-16-4-5-20-11(9-16)8-15-7-10-2-3-13(17(18)19)12(14)6-10/h2-3,6,11,15H,4-5,7-9H2,1H3. The van der Waals surface area contributed by atoms with Crippen molar-refractivity contribution in [1.82, 2.24) is 10.2 Å². The van der Waals surface area contributed by atoms with E-state index in [0.29, 0.717) is 18.7 Å². The Bertz CT molecular complexity index is 484. The Morgan fingerprint density at radius 3 is 3.05 bits per heavy atom. The molecule has 0 aliphatic carbocycles. The highest BCUT2D eigenvalue weighted by molar-refractivity contribution is 5.34. The Morgan fingerprint density at radius 2 is 2.40 bits per heavy atom. The number of nitro benzene ring substituents is 1. The highest BCUT2D eigenvalue weighted by Crippen LogP contribution is 2.17. The fourth-order valence-electron chi connectivity index (χ4n) is 2.18. The van der Waals surface area contributed by atoms with E-state index in [0.717, 1.165) is 19.7 Å². The molecule has 7 heteroatoms. The van der Waals surface area contributed by atoms with Crippen molar-refractivity contribution in [3.05, 3.63) is 39.7 Å². The summed E-state index contributed by atoms with van der Waals surface area (Å²) in [7, 11) is 2.04. The zero-order valence-corrected chi connectivity index (χ0v) is 11.3. The van der Waals surface area contributed by atoms with Gasteiger partial charge in [-0.05, 0) is 18.7 Å². The van der Waals surface area contributed by atoms with Crippen LogP contribution in [0.2, 0.25) is 0 Å². The van der Waals surface area contributed by atoms with Gasteiger partial charge in [-0.15, -0.1) is 0 Å². The van der Waals surface area contributed by atoms with Crippen LogP contribution in [0, 0.1) is 15.9 Å². The summed E-state index contributed by atoms with van der Waals surface area (Å²) in [6, 6.07) is 3.94. The second-order valence-electron chi connectivity index (χ2n) is 4.93. The van der Waals surface area contributed by atoms with E-state index < -0.39 is 16.4 Å². The summed E-state index contributed by atoms with van der Waals surface area (Å²) in [5.41, 5.74) is 0.184. The second kappa shape index (κ2) is 6.74. The molecule has 1 aliphatic rings. The van der Waals surface area contributed by atoms with E-state index in [9.17, 15) is 14.5 Å². The van der Waals surface area contributed by atoms with Crippen molar-refractivity contribution in [3.8, 4) is 0 Å². The van der Waals surface area contributed by atoms with Crippen molar-refractivity contribution in [2.24, 2.45) is 0 Å². The summed E-state index contributed by atoms with van der Waals surface area (Å²) in [6.07, 6.45) is 0.122. The zero-order valence-electron chi connectivity index (χ0n) is 11.3. The molecule has 0 bridgehead atoms. The fourth-order valence-corrected chi connectivity index (χ4v) is 2.18. The van der Waals surface area contributed by atoms with E-state index in [-0.39, 0.29) is 6.10 Å². The zero-order chi connectivity index (χ0) is 14.5. The first kappa shape index (κ1) is 14.8. The van der Waals surface area contributed by atoms with Crippen molar-refractivity contribution < 1.29 is 14.1 Å². The molecule has 6 nitrogen and oxygen atoms in total. The third kappa shape index (κ3) is 3.96. The number of rotatable bonds is 5. The van der Waals surface area contributed by atoms with E-state index in [4.69, 9.17) is 4.74 Å². The first-order valence-electron chi connectivity index (χ1n) is 6.50. The van der Waals surface area contributed by atoms with Gasteiger partial charge in [-0.3, -0.25) is 10.1 Å². The van der Waals surface area contributed by atoms with Crippen molar-refractivity contribution in [2.75, 3.05) is 33.3 Å². The van der Waals surface area contributed by atoms with Crippen LogP contribution >= 0.6 is 0 Å². The second-order valence-corrected chi connectivity index (χ2v) is 4.93. The van der Waals surface area contributed by atoms with E-state index >= 15 is 0 Å². The average Bonchev–Trinajstić information content (AvgIpc) is 2.38. The van der Waals surface area contributed by atoms with Gasteiger partial charge in [0.25, 0.3) is 0 Å². The molecular weight excluding hydrogens is 265 g/mol. The van der Waals surface area contributed by atoms with Gasteiger partial charge < -0.3 is 15.0 Å². The lowest BCUT2D eigenvalue weighted by atomic mass is 10.2. The minimum absolute atomic E-state index is 0.122. The third-order valence-electron chi connectivity index (χ3n) is 3.25. The van der Waals surface area contributed by atoms with Crippen LogP contribution in [-0.4, -0.2) is 49.2 Å². The van der Waals surface area contributed by atoms with Crippen LogP contribution < -0.4 is 5.32 Å². The van der Waals surface area contributed by atoms with Crippen LogP contribution in [0.4, 0.5) is 10.1 Å². The minimum Gasteiger partial charge on any atom is -0.374 e. The lowest BCUT2D eigenvalue weighted by Crippen LogP contribution is -2.44. The number of nitrogens with zero attached hydrogens (tertiary/aromatic N) is 2. The fraction of sp³-hybridized carbons (Fsp3) is 0.538. The van der Waals surface area contributed by atoms with Crippen LogP contribution in [0.3, 0.4) is 0 Å². The largest absolute Gasteiger partial charge is 0.374 e. The maximum Gasteiger partial charge on any atom is 0.304 e. The van der Waals surface area contributed by atoms with Crippen molar-refractivity contribution in [2.45, 2.75) is 12.6 Å². The Labute approximate surface area is 116 Å². The average molecular weight is 283 g/mol. The van der Waals surface area contributed by atoms with Crippen molar-refractivity contribution in [1.29, 1.82) is 0 Å². The number of hydrogen-bond acceptors (Lipinski definition) is 5. The maximum atomic E-state index is 13.4. The van der Waals surface area contributed by atoms with Crippen LogP contribution in [-0.2, 0) is 11.3 Å². The lowest BCUT2D eigenvalue weighted by molar-refractivity contribution is -0.387. The van der Waals surface area contributed by atoms with E-state index in [1.165, 1.54) is 12.1 Å². The Kier molecular flexibility index (Phi) is 4.99. The summed E-state index contributed by atoms with van der Waals surface area (Å²) in [5.74, 6) is -0.803. The molecule has 1 aliphatic heterocycles. The molecule has 0 spiro atoms. The molecule has 1 aromatic rings. The summed E-state index contributed by atoms with van der Waals surface area (Å²) >= 11 is 0. The van der Waals surface area contributed by atoms with Gasteiger partial charge in [0, 0.05) is 32.2 Å². The number of nitro groups is 1. The molecule has 1 atom stereocenters. The van der Waals surface area contributed by atoms with Crippen LogP contribution in [0.25, 0.3) is 0 Å².